The molecular weight excluding hydrogens is 143 g/mol. The molecule has 0 aromatic heterocycles. The second kappa shape index (κ2) is 7.73. The van der Waals surface area contributed by atoms with Gasteiger partial charge in [0.05, 0.1) is 6.61 Å². The van der Waals surface area contributed by atoms with Gasteiger partial charge in [0.25, 0.3) is 0 Å². The van der Waals surface area contributed by atoms with Gasteiger partial charge in [-0.25, -0.2) is 4.39 Å². The fourth-order valence-corrected chi connectivity index (χ4v) is 0.894. The molecule has 1 nitrogen and oxygen atoms in total. The number of hydrogen-bond acceptors (Lipinski definition) is 1. The number of unbranched alkanes of at least 4 members (excludes halogenated alkanes) is 4. The Morgan fingerprint density at radius 3 is 2.64 bits per heavy atom. The van der Waals surface area contributed by atoms with Crippen molar-refractivity contribution < 1.29 is 9.50 Å². The van der Waals surface area contributed by atoms with E-state index >= 15 is 0 Å². The second-order valence-electron chi connectivity index (χ2n) is 2.66. The molecule has 0 amide bonds. The van der Waals surface area contributed by atoms with E-state index in [1.807, 2.05) is 0 Å². The molecule has 0 aromatic carbocycles. The molecule has 0 unspecified atom stereocenters. The topological polar surface area (TPSA) is 20.2 Å². The molecule has 0 aromatic rings. The lowest BCUT2D eigenvalue weighted by atomic mass is 10.1. The molecular formula is C9H17FO. The van der Waals surface area contributed by atoms with E-state index < -0.39 is 12.4 Å². The highest BCUT2D eigenvalue weighted by atomic mass is 19.1. The van der Waals surface area contributed by atoms with Gasteiger partial charge in [-0.15, -0.1) is 0 Å². The molecule has 0 aliphatic rings. The van der Waals surface area contributed by atoms with Gasteiger partial charge in [0.1, 0.15) is 5.83 Å². The van der Waals surface area contributed by atoms with Crippen LogP contribution in [0, 0.1) is 0 Å². The van der Waals surface area contributed by atoms with E-state index in [0.717, 1.165) is 19.3 Å². The van der Waals surface area contributed by atoms with Crippen LogP contribution in [0.2, 0.25) is 0 Å². The van der Waals surface area contributed by atoms with Crippen molar-refractivity contribution in [1.82, 2.24) is 0 Å². The van der Waals surface area contributed by atoms with Crippen molar-refractivity contribution in [3.8, 4) is 0 Å². The Morgan fingerprint density at radius 1 is 1.36 bits per heavy atom. The minimum absolute atomic E-state index is 0.401. The van der Waals surface area contributed by atoms with Crippen molar-refractivity contribution in [1.29, 1.82) is 0 Å². The first-order valence-electron chi connectivity index (χ1n) is 4.26. The van der Waals surface area contributed by atoms with Crippen molar-refractivity contribution in [2.45, 2.75) is 39.0 Å². The molecule has 0 saturated carbocycles. The number of aliphatic hydroxyl groups is 1. The molecule has 2 heteroatoms. The summed E-state index contributed by atoms with van der Waals surface area (Å²) in [5, 5.41) is 8.29. The summed E-state index contributed by atoms with van der Waals surface area (Å²) in [6.07, 6.45) is 6.83. The molecule has 11 heavy (non-hydrogen) atoms. The Labute approximate surface area is 67.9 Å². The van der Waals surface area contributed by atoms with Crippen LogP contribution in [0.25, 0.3) is 0 Å². The summed E-state index contributed by atoms with van der Waals surface area (Å²) in [4.78, 5) is 0. The van der Waals surface area contributed by atoms with E-state index in [1.165, 1.54) is 18.9 Å². The number of hydrogen-bond donors (Lipinski definition) is 1. The van der Waals surface area contributed by atoms with Gasteiger partial charge in [0, 0.05) is 0 Å². The van der Waals surface area contributed by atoms with Crippen molar-refractivity contribution >= 4 is 0 Å². The largest absolute Gasteiger partial charge is 0.389 e. The van der Waals surface area contributed by atoms with Crippen molar-refractivity contribution in [2.24, 2.45) is 0 Å². The van der Waals surface area contributed by atoms with Gasteiger partial charge in [-0.1, -0.05) is 32.3 Å². The number of allylic oxidation sites excluding steroid dienone is 1. The van der Waals surface area contributed by atoms with E-state index in [0.29, 0.717) is 0 Å². The van der Waals surface area contributed by atoms with E-state index in [-0.39, 0.29) is 0 Å². The molecule has 0 aliphatic carbocycles. The molecule has 1 N–H and O–H groups in total. The summed E-state index contributed by atoms with van der Waals surface area (Å²) < 4.78 is 12.3. The molecule has 0 rings (SSSR count). The van der Waals surface area contributed by atoms with Gasteiger partial charge in [0.2, 0.25) is 0 Å². The quantitative estimate of drug-likeness (QED) is 0.592. The molecule has 0 saturated heterocycles. The van der Waals surface area contributed by atoms with Crippen LogP contribution in [0.15, 0.2) is 11.9 Å². The van der Waals surface area contributed by atoms with E-state index in [4.69, 9.17) is 5.11 Å². The van der Waals surface area contributed by atoms with Crippen LogP contribution < -0.4 is 0 Å². The second-order valence-corrected chi connectivity index (χ2v) is 2.66. The van der Waals surface area contributed by atoms with Crippen molar-refractivity contribution in [3.05, 3.63) is 11.9 Å². The first kappa shape index (κ1) is 10.6. The van der Waals surface area contributed by atoms with Gasteiger partial charge >= 0.3 is 0 Å². The summed E-state index contributed by atoms with van der Waals surface area (Å²) in [5.74, 6) is -0.401. The highest BCUT2D eigenvalue weighted by molar-refractivity contribution is 4.90. The monoisotopic (exact) mass is 160 g/mol. The number of halogens is 1. The van der Waals surface area contributed by atoms with Gasteiger partial charge < -0.3 is 5.11 Å². The van der Waals surface area contributed by atoms with Crippen LogP contribution in [0.5, 0.6) is 0 Å². The molecule has 66 valence electrons. The molecule has 0 heterocycles. The van der Waals surface area contributed by atoms with Gasteiger partial charge in [0.15, 0.2) is 0 Å². The third kappa shape index (κ3) is 7.53. The van der Waals surface area contributed by atoms with Crippen molar-refractivity contribution in [2.75, 3.05) is 6.61 Å². The molecule has 0 spiro atoms. The maximum absolute atomic E-state index is 12.3. The lowest BCUT2D eigenvalue weighted by Gasteiger charge is -1.94. The van der Waals surface area contributed by atoms with Crippen LogP contribution in [0.4, 0.5) is 4.39 Å². The minimum atomic E-state index is -0.451. The number of aliphatic hydroxyl groups excluding tert-OH is 1. The summed E-state index contributed by atoms with van der Waals surface area (Å²) in [6, 6.07) is 0. The fraction of sp³-hybridized carbons (Fsp3) is 0.778. The van der Waals surface area contributed by atoms with Crippen LogP contribution in [-0.2, 0) is 0 Å². The summed E-state index contributed by atoms with van der Waals surface area (Å²) in [7, 11) is 0. The third-order valence-corrected chi connectivity index (χ3v) is 1.57. The minimum Gasteiger partial charge on any atom is -0.389 e. The third-order valence-electron chi connectivity index (χ3n) is 1.57. The zero-order valence-corrected chi connectivity index (χ0v) is 7.15. The zero-order valence-electron chi connectivity index (χ0n) is 7.15. The summed E-state index contributed by atoms with van der Waals surface area (Å²) in [6.45, 7) is 1.69. The Hall–Kier alpha value is -0.370. The highest BCUT2D eigenvalue weighted by Gasteiger charge is 1.89. The molecule has 0 fully saturated rings. The average molecular weight is 160 g/mol. The average Bonchev–Trinajstić information content (AvgIpc) is 2.04. The SMILES string of the molecule is CCCCCCC=C(F)CO. The standard InChI is InChI=1S/C9H17FO/c1-2-3-4-5-6-7-9(10)8-11/h7,11H,2-6,8H2,1H3. The predicted octanol–water partition coefficient (Wildman–Crippen LogP) is 2.80. The smallest absolute Gasteiger partial charge is 0.121 e. The fourth-order valence-electron chi connectivity index (χ4n) is 0.894. The first-order chi connectivity index (χ1) is 5.31. The Bertz CT molecular complexity index is 110. The van der Waals surface area contributed by atoms with E-state index in [2.05, 4.69) is 6.92 Å². The maximum Gasteiger partial charge on any atom is 0.121 e. The zero-order chi connectivity index (χ0) is 8.53. The Balaban J connectivity index is 3.12. The predicted molar refractivity (Wildman–Crippen MR) is 45.0 cm³/mol. The van der Waals surface area contributed by atoms with E-state index in [1.54, 1.807) is 0 Å². The number of rotatable bonds is 6. The lowest BCUT2D eigenvalue weighted by molar-refractivity contribution is 0.297. The summed E-state index contributed by atoms with van der Waals surface area (Å²) in [5.41, 5.74) is 0. The van der Waals surface area contributed by atoms with Gasteiger partial charge in [-0.2, -0.15) is 0 Å². The highest BCUT2D eigenvalue weighted by Crippen LogP contribution is 2.05. The maximum atomic E-state index is 12.3. The van der Waals surface area contributed by atoms with Crippen molar-refractivity contribution in [3.63, 3.8) is 0 Å². The molecule has 0 atom stereocenters. The lowest BCUT2D eigenvalue weighted by Crippen LogP contribution is -1.82. The van der Waals surface area contributed by atoms with Gasteiger partial charge in [-0.05, 0) is 12.8 Å². The summed E-state index contributed by atoms with van der Waals surface area (Å²) >= 11 is 0. The Kier molecular flexibility index (Phi) is 7.47. The van der Waals surface area contributed by atoms with Crippen LogP contribution in [0.3, 0.4) is 0 Å². The van der Waals surface area contributed by atoms with Crippen LogP contribution in [-0.4, -0.2) is 11.7 Å². The first-order valence-corrected chi connectivity index (χ1v) is 4.26. The van der Waals surface area contributed by atoms with E-state index in [9.17, 15) is 4.39 Å². The van der Waals surface area contributed by atoms with Crippen LogP contribution in [0.1, 0.15) is 39.0 Å². The van der Waals surface area contributed by atoms with Gasteiger partial charge in [-0.3, -0.25) is 0 Å². The van der Waals surface area contributed by atoms with Crippen LogP contribution >= 0.6 is 0 Å². The molecule has 0 bridgehead atoms. The Morgan fingerprint density at radius 2 is 2.09 bits per heavy atom. The normalized spacial score (nSPS) is 12.1. The molecule has 0 radical (unpaired) electrons. The molecule has 0 aliphatic heterocycles.